The maximum atomic E-state index is 14.2. The molecule has 1 aliphatic carbocycles. The number of carbonyl (C=O) groups is 1. The summed E-state index contributed by atoms with van der Waals surface area (Å²) in [5, 5.41) is 7.40. The van der Waals surface area contributed by atoms with Gasteiger partial charge < -0.3 is 5.32 Å². The zero-order valence-corrected chi connectivity index (χ0v) is 17.9. The average Bonchev–Trinajstić information content (AvgIpc) is 3.51. The molecular formula is C22H24ClFN4O2. The number of hydrogen-bond acceptors (Lipinski definition) is 3. The summed E-state index contributed by atoms with van der Waals surface area (Å²) < 4.78 is 15.3. The fourth-order valence-electron chi connectivity index (χ4n) is 2.93. The second-order valence-corrected chi connectivity index (χ2v) is 7.36. The standard InChI is InChI=1S/C20H18ClFN4O2.C2H6/c1-11-2-6-14(16(22)8-11)18-24-20(28)26(25-18)17-9-12(3-7-15(17)21)10-23-19(27)13-4-5-13;1-2/h2-3,6-9,13H,4-5,10H2,1H3,(H,23,27)(H,24,25,28);1-2H3. The molecule has 30 heavy (non-hydrogen) atoms. The summed E-state index contributed by atoms with van der Waals surface area (Å²) in [7, 11) is 0. The first-order valence-electron chi connectivity index (χ1n) is 9.95. The molecule has 4 rings (SSSR count). The van der Waals surface area contributed by atoms with Gasteiger partial charge in [0.15, 0.2) is 5.82 Å². The molecule has 0 bridgehead atoms. The Kier molecular flexibility index (Phi) is 6.72. The first kappa shape index (κ1) is 21.8. The normalized spacial score (nSPS) is 12.8. The number of hydrogen-bond donors (Lipinski definition) is 2. The van der Waals surface area contributed by atoms with Crippen molar-refractivity contribution in [2.75, 3.05) is 0 Å². The highest BCUT2D eigenvalue weighted by Gasteiger charge is 2.29. The molecule has 1 fully saturated rings. The lowest BCUT2D eigenvalue weighted by Gasteiger charge is -2.08. The van der Waals surface area contributed by atoms with E-state index in [9.17, 15) is 14.0 Å². The summed E-state index contributed by atoms with van der Waals surface area (Å²) in [6.45, 7) is 6.11. The quantitative estimate of drug-likeness (QED) is 0.630. The molecule has 6 nitrogen and oxygen atoms in total. The number of aromatic amines is 1. The van der Waals surface area contributed by atoms with E-state index in [1.807, 2.05) is 13.8 Å². The van der Waals surface area contributed by atoms with E-state index < -0.39 is 11.5 Å². The van der Waals surface area contributed by atoms with Gasteiger partial charge in [0.05, 0.1) is 16.3 Å². The van der Waals surface area contributed by atoms with Crippen molar-refractivity contribution in [2.45, 2.75) is 40.2 Å². The number of aryl methyl sites for hydroxylation is 1. The van der Waals surface area contributed by atoms with Crippen molar-refractivity contribution >= 4 is 17.5 Å². The van der Waals surface area contributed by atoms with Crippen LogP contribution < -0.4 is 11.0 Å². The third-order valence-electron chi connectivity index (χ3n) is 4.65. The van der Waals surface area contributed by atoms with Gasteiger partial charge in [-0.2, -0.15) is 4.68 Å². The van der Waals surface area contributed by atoms with E-state index in [0.29, 0.717) is 17.3 Å². The lowest BCUT2D eigenvalue weighted by molar-refractivity contribution is -0.122. The Labute approximate surface area is 179 Å². The summed E-state index contributed by atoms with van der Waals surface area (Å²) in [6.07, 6.45) is 1.86. The molecule has 1 aromatic heterocycles. The van der Waals surface area contributed by atoms with Crippen molar-refractivity contribution < 1.29 is 9.18 Å². The molecular weight excluding hydrogens is 407 g/mol. The Hall–Kier alpha value is -2.93. The van der Waals surface area contributed by atoms with Gasteiger partial charge in [-0.1, -0.05) is 37.6 Å². The summed E-state index contributed by atoms with van der Waals surface area (Å²) in [5.74, 6) is -0.201. The number of H-pyrrole nitrogens is 1. The topological polar surface area (TPSA) is 79.8 Å². The van der Waals surface area contributed by atoms with Crippen LogP contribution >= 0.6 is 11.6 Å². The third kappa shape index (κ3) is 4.79. The molecule has 1 heterocycles. The first-order valence-corrected chi connectivity index (χ1v) is 10.3. The Morgan fingerprint density at radius 1 is 1.27 bits per heavy atom. The SMILES string of the molecule is CC.Cc1ccc(-c2nn(-c3cc(CNC(=O)C4CC4)ccc3Cl)c(=O)[nH]2)c(F)c1. The van der Waals surface area contributed by atoms with Crippen molar-refractivity contribution in [1.29, 1.82) is 0 Å². The molecule has 0 radical (unpaired) electrons. The van der Waals surface area contributed by atoms with Crippen LogP contribution in [-0.2, 0) is 11.3 Å². The van der Waals surface area contributed by atoms with Gasteiger partial charge in [-0.15, -0.1) is 5.10 Å². The van der Waals surface area contributed by atoms with E-state index in [1.165, 1.54) is 6.07 Å². The zero-order chi connectivity index (χ0) is 21.8. The molecule has 3 aromatic rings. The molecule has 0 saturated heterocycles. The molecule has 0 aliphatic heterocycles. The Bertz CT molecular complexity index is 1120. The fourth-order valence-corrected chi connectivity index (χ4v) is 3.13. The van der Waals surface area contributed by atoms with E-state index in [1.54, 1.807) is 37.3 Å². The van der Waals surface area contributed by atoms with Gasteiger partial charge >= 0.3 is 5.69 Å². The van der Waals surface area contributed by atoms with E-state index in [4.69, 9.17) is 11.6 Å². The molecule has 8 heteroatoms. The van der Waals surface area contributed by atoms with Gasteiger partial charge in [-0.3, -0.25) is 9.78 Å². The Morgan fingerprint density at radius 2 is 2.00 bits per heavy atom. The molecule has 1 amide bonds. The lowest BCUT2D eigenvalue weighted by atomic mass is 10.1. The maximum Gasteiger partial charge on any atom is 0.348 e. The number of nitrogens with one attached hydrogen (secondary N) is 2. The van der Waals surface area contributed by atoms with Crippen LogP contribution in [0.25, 0.3) is 17.1 Å². The Morgan fingerprint density at radius 3 is 2.67 bits per heavy atom. The largest absolute Gasteiger partial charge is 0.352 e. The average molecular weight is 431 g/mol. The number of halogens is 2. The van der Waals surface area contributed by atoms with Crippen LogP contribution in [0.5, 0.6) is 0 Å². The predicted octanol–water partition coefficient (Wildman–Crippen LogP) is 4.38. The number of carbonyl (C=O) groups excluding carboxylic acids is 1. The van der Waals surface area contributed by atoms with Crippen LogP contribution in [0.2, 0.25) is 5.02 Å². The van der Waals surface area contributed by atoms with Crippen LogP contribution in [0.15, 0.2) is 41.2 Å². The fraction of sp³-hybridized carbons (Fsp3) is 0.318. The van der Waals surface area contributed by atoms with Crippen molar-refractivity contribution in [3.8, 4) is 17.1 Å². The van der Waals surface area contributed by atoms with Crippen molar-refractivity contribution in [2.24, 2.45) is 5.92 Å². The van der Waals surface area contributed by atoms with Crippen molar-refractivity contribution in [3.05, 3.63) is 68.8 Å². The highest BCUT2D eigenvalue weighted by atomic mass is 35.5. The molecule has 2 aromatic carbocycles. The van der Waals surface area contributed by atoms with Crippen LogP contribution in [0.3, 0.4) is 0 Å². The number of benzene rings is 2. The number of nitrogens with zero attached hydrogens (tertiary/aromatic N) is 2. The Balaban J connectivity index is 0.00000124. The van der Waals surface area contributed by atoms with E-state index in [2.05, 4.69) is 15.4 Å². The van der Waals surface area contributed by atoms with E-state index >= 15 is 0 Å². The van der Waals surface area contributed by atoms with Gasteiger partial charge in [-0.25, -0.2) is 9.18 Å². The highest BCUT2D eigenvalue weighted by Crippen LogP contribution is 2.29. The zero-order valence-electron chi connectivity index (χ0n) is 17.1. The molecule has 2 N–H and O–H groups in total. The van der Waals surface area contributed by atoms with Crippen LogP contribution in [0, 0.1) is 18.7 Å². The van der Waals surface area contributed by atoms with Gasteiger partial charge in [-0.05, 0) is 55.2 Å². The van der Waals surface area contributed by atoms with Crippen molar-refractivity contribution in [1.82, 2.24) is 20.1 Å². The first-order chi connectivity index (χ1) is 14.4. The molecule has 0 atom stereocenters. The number of rotatable bonds is 5. The molecule has 1 saturated carbocycles. The monoisotopic (exact) mass is 430 g/mol. The van der Waals surface area contributed by atoms with Crippen LogP contribution in [-0.4, -0.2) is 20.7 Å². The van der Waals surface area contributed by atoms with Crippen molar-refractivity contribution in [3.63, 3.8) is 0 Å². The third-order valence-corrected chi connectivity index (χ3v) is 4.97. The molecule has 1 aliphatic rings. The van der Waals surface area contributed by atoms with Crippen LogP contribution in [0.4, 0.5) is 4.39 Å². The molecule has 0 spiro atoms. The van der Waals surface area contributed by atoms with Gasteiger partial charge in [0.2, 0.25) is 5.91 Å². The minimum atomic E-state index is -0.531. The minimum Gasteiger partial charge on any atom is -0.352 e. The summed E-state index contributed by atoms with van der Waals surface area (Å²) in [4.78, 5) is 26.8. The van der Waals surface area contributed by atoms with Crippen LogP contribution in [0.1, 0.15) is 37.8 Å². The van der Waals surface area contributed by atoms with E-state index in [0.717, 1.165) is 28.7 Å². The second-order valence-electron chi connectivity index (χ2n) is 6.95. The van der Waals surface area contributed by atoms with Gasteiger partial charge in [0, 0.05) is 12.5 Å². The molecule has 0 unspecified atom stereocenters. The van der Waals surface area contributed by atoms with E-state index in [-0.39, 0.29) is 23.2 Å². The second kappa shape index (κ2) is 9.26. The smallest absolute Gasteiger partial charge is 0.348 e. The minimum absolute atomic E-state index is 0.0329. The predicted molar refractivity (Wildman–Crippen MR) is 115 cm³/mol. The number of aromatic nitrogens is 3. The van der Waals surface area contributed by atoms with Gasteiger partial charge in [0.1, 0.15) is 5.82 Å². The highest BCUT2D eigenvalue weighted by molar-refractivity contribution is 6.32. The summed E-state index contributed by atoms with van der Waals surface area (Å²) in [5.41, 5.74) is 1.58. The molecule has 158 valence electrons. The summed E-state index contributed by atoms with van der Waals surface area (Å²) >= 11 is 6.26. The lowest BCUT2D eigenvalue weighted by Crippen LogP contribution is -2.24. The maximum absolute atomic E-state index is 14.2. The number of amides is 1. The van der Waals surface area contributed by atoms with Gasteiger partial charge in [0.25, 0.3) is 0 Å². The summed E-state index contributed by atoms with van der Waals surface area (Å²) in [6, 6.07) is 9.79.